The van der Waals surface area contributed by atoms with Gasteiger partial charge in [0, 0.05) is 19.0 Å². The third-order valence-electron chi connectivity index (χ3n) is 10.9. The van der Waals surface area contributed by atoms with Crippen molar-refractivity contribution < 1.29 is 15.1 Å². The first-order valence-electron chi connectivity index (χ1n) is 14.1. The van der Waals surface area contributed by atoms with E-state index in [1.165, 1.54) is 18.4 Å². The van der Waals surface area contributed by atoms with E-state index >= 15 is 0 Å². The van der Waals surface area contributed by atoms with Gasteiger partial charge < -0.3 is 15.1 Å². The number of likely N-dealkylation sites (N-methyl/N-ethyl adjacent to an activating group) is 1. The maximum Gasteiger partial charge on any atom is 0.0737 e. The summed E-state index contributed by atoms with van der Waals surface area (Å²) in [5.41, 5.74) is 1.08. The number of hydrogen-bond donors (Lipinski definition) is 2. The van der Waals surface area contributed by atoms with Crippen molar-refractivity contribution in [3.8, 4) is 0 Å². The molecule has 4 aliphatic rings. The van der Waals surface area contributed by atoms with Crippen molar-refractivity contribution in [1.29, 1.82) is 0 Å². The molecule has 0 radical (unpaired) electrons. The molecule has 0 aromatic rings. The fraction of sp³-hybridized carbons (Fsp3) is 0.931. The van der Waals surface area contributed by atoms with Gasteiger partial charge in [0.2, 0.25) is 0 Å². The monoisotopic (exact) mass is 476 g/mol. The Morgan fingerprint density at radius 3 is 2.50 bits per heavy atom. The molecule has 5 heteroatoms. The highest BCUT2D eigenvalue weighted by Gasteiger charge is 2.66. The number of fused-ring (bicyclic) bond motifs is 5. The van der Waals surface area contributed by atoms with Crippen LogP contribution in [0, 0.1) is 34.5 Å². The summed E-state index contributed by atoms with van der Waals surface area (Å²) in [5.74, 6) is 2.11. The van der Waals surface area contributed by atoms with Crippen LogP contribution in [0.5, 0.6) is 0 Å². The maximum atomic E-state index is 12.4. The second kappa shape index (κ2) is 10.1. The van der Waals surface area contributed by atoms with Gasteiger partial charge in [-0.15, -0.1) is 0 Å². The van der Waals surface area contributed by atoms with Gasteiger partial charge >= 0.3 is 0 Å². The largest absolute Gasteiger partial charge is 0.393 e. The molecule has 0 spiro atoms. The van der Waals surface area contributed by atoms with Crippen LogP contribution in [0.2, 0.25) is 0 Å². The van der Waals surface area contributed by atoms with Crippen LogP contribution in [-0.4, -0.2) is 72.7 Å². The lowest BCUT2D eigenvalue weighted by Crippen LogP contribution is -2.62. The summed E-state index contributed by atoms with van der Waals surface area (Å²) in [7, 11) is 6.23. The van der Waals surface area contributed by atoms with Gasteiger partial charge in [0.1, 0.15) is 0 Å². The van der Waals surface area contributed by atoms with Crippen LogP contribution in [0.1, 0.15) is 85.0 Å². The SMILES string of the molecule is C/C(=C\[C@H]1CC[C@]2(O)[C@@H]3CC[C@@H]4C[C@@H](O)CC[C@]4(C)[C@H]3CC[C@]12C)CN(C)OCCCN(C)C. The van der Waals surface area contributed by atoms with E-state index in [1.54, 1.807) is 0 Å². The highest BCUT2D eigenvalue weighted by molar-refractivity contribution is 5.21. The normalized spacial score (nSPS) is 44.8. The Morgan fingerprint density at radius 1 is 1.00 bits per heavy atom. The van der Waals surface area contributed by atoms with Gasteiger partial charge in [0.15, 0.2) is 0 Å². The summed E-state index contributed by atoms with van der Waals surface area (Å²) in [6.07, 6.45) is 13.2. The molecule has 4 rings (SSSR count). The number of nitrogens with zero attached hydrogens (tertiary/aromatic N) is 2. The third-order valence-corrected chi connectivity index (χ3v) is 10.9. The molecule has 0 saturated heterocycles. The fourth-order valence-corrected chi connectivity index (χ4v) is 8.91. The molecular weight excluding hydrogens is 424 g/mol. The molecule has 4 aliphatic carbocycles. The highest BCUT2D eigenvalue weighted by atomic mass is 16.7. The molecule has 4 saturated carbocycles. The predicted octanol–water partition coefficient (Wildman–Crippen LogP) is 4.88. The lowest BCUT2D eigenvalue weighted by molar-refractivity contribution is -0.207. The minimum atomic E-state index is -0.546. The molecule has 0 bridgehead atoms. The van der Waals surface area contributed by atoms with Crippen LogP contribution in [0.25, 0.3) is 0 Å². The van der Waals surface area contributed by atoms with Crippen molar-refractivity contribution in [1.82, 2.24) is 9.96 Å². The van der Waals surface area contributed by atoms with E-state index in [1.807, 2.05) is 12.1 Å². The summed E-state index contributed by atoms with van der Waals surface area (Å²) in [4.78, 5) is 8.11. The number of rotatable bonds is 8. The van der Waals surface area contributed by atoms with Gasteiger partial charge in [0.05, 0.1) is 18.3 Å². The average Bonchev–Trinajstić information content (AvgIpc) is 3.02. The molecule has 4 fully saturated rings. The van der Waals surface area contributed by atoms with Crippen molar-refractivity contribution in [3.63, 3.8) is 0 Å². The molecular formula is C29H52N2O3. The lowest BCUT2D eigenvalue weighted by Gasteiger charge is -2.63. The van der Waals surface area contributed by atoms with E-state index in [4.69, 9.17) is 4.84 Å². The Kier molecular flexibility index (Phi) is 7.92. The van der Waals surface area contributed by atoms with Gasteiger partial charge in [-0.3, -0.25) is 4.84 Å². The van der Waals surface area contributed by atoms with E-state index in [9.17, 15) is 10.2 Å². The first kappa shape index (κ1) is 26.6. The zero-order chi connectivity index (χ0) is 24.7. The van der Waals surface area contributed by atoms with Gasteiger partial charge in [0.25, 0.3) is 0 Å². The first-order valence-corrected chi connectivity index (χ1v) is 14.1. The number of hydrogen-bond acceptors (Lipinski definition) is 5. The molecule has 0 heterocycles. The van der Waals surface area contributed by atoms with Crippen LogP contribution in [0.4, 0.5) is 0 Å². The average molecular weight is 477 g/mol. The Balaban J connectivity index is 1.41. The number of hydroxylamine groups is 2. The van der Waals surface area contributed by atoms with Crippen LogP contribution in [0.15, 0.2) is 11.6 Å². The van der Waals surface area contributed by atoms with Gasteiger partial charge in [-0.05, 0) is 121 Å². The van der Waals surface area contributed by atoms with Crippen LogP contribution in [-0.2, 0) is 4.84 Å². The summed E-state index contributed by atoms with van der Waals surface area (Å²) < 4.78 is 0. The van der Waals surface area contributed by atoms with Crippen LogP contribution < -0.4 is 0 Å². The van der Waals surface area contributed by atoms with Crippen LogP contribution in [0.3, 0.4) is 0 Å². The first-order chi connectivity index (χ1) is 16.0. The van der Waals surface area contributed by atoms with Crippen molar-refractivity contribution in [2.75, 3.05) is 40.8 Å². The van der Waals surface area contributed by atoms with E-state index in [-0.39, 0.29) is 11.5 Å². The summed E-state index contributed by atoms with van der Waals surface area (Å²) in [6, 6.07) is 0. The minimum absolute atomic E-state index is 0.0298. The molecule has 2 N–H and O–H groups in total. The van der Waals surface area contributed by atoms with E-state index in [0.29, 0.717) is 29.1 Å². The molecule has 0 amide bonds. The Bertz CT molecular complexity index is 741. The number of aliphatic hydroxyl groups is 2. The van der Waals surface area contributed by atoms with Gasteiger partial charge in [-0.2, -0.15) is 5.06 Å². The Hall–Kier alpha value is -0.460. The molecule has 0 aliphatic heterocycles. The fourth-order valence-electron chi connectivity index (χ4n) is 8.91. The molecule has 5 nitrogen and oxygen atoms in total. The molecule has 196 valence electrons. The predicted molar refractivity (Wildman–Crippen MR) is 138 cm³/mol. The van der Waals surface area contributed by atoms with Crippen molar-refractivity contribution >= 4 is 0 Å². The standard InChI is InChI=1S/C29H52N2O3/c1-21(20-31(6)34-17-7-16-30(4)5)18-23-10-15-29(33)26-9-8-22-19-24(32)11-13-27(22,2)25(26)12-14-28(23,29)3/h18,22-26,32-33H,7-17,19-20H2,1-6H3/b21-18+/t22-,23-,24+,25+,26-,27+,28-,29+/m1/s1. The smallest absolute Gasteiger partial charge is 0.0737 e. The molecule has 8 atom stereocenters. The number of aliphatic hydroxyl groups excluding tert-OH is 1. The van der Waals surface area contributed by atoms with Gasteiger partial charge in [-0.25, -0.2) is 0 Å². The van der Waals surface area contributed by atoms with Crippen molar-refractivity contribution in [2.45, 2.75) is 96.7 Å². The molecule has 34 heavy (non-hydrogen) atoms. The second-order valence-electron chi connectivity index (χ2n) is 13.2. The zero-order valence-electron chi connectivity index (χ0n) is 22.9. The third kappa shape index (κ3) is 4.77. The quantitative estimate of drug-likeness (QED) is 0.297. The Labute approximate surface area is 208 Å². The lowest BCUT2D eigenvalue weighted by atomic mass is 9.43. The molecule has 0 unspecified atom stereocenters. The van der Waals surface area contributed by atoms with Crippen molar-refractivity contribution in [2.24, 2.45) is 34.5 Å². The Morgan fingerprint density at radius 2 is 1.76 bits per heavy atom. The second-order valence-corrected chi connectivity index (χ2v) is 13.2. The van der Waals surface area contributed by atoms with E-state index in [2.05, 4.69) is 45.8 Å². The number of allylic oxidation sites excluding steroid dienone is 1. The highest BCUT2D eigenvalue weighted by Crippen LogP contribution is 2.69. The van der Waals surface area contributed by atoms with Crippen LogP contribution >= 0.6 is 0 Å². The maximum absolute atomic E-state index is 12.4. The van der Waals surface area contributed by atoms with E-state index in [0.717, 1.165) is 71.1 Å². The molecule has 0 aromatic heterocycles. The summed E-state index contributed by atoms with van der Waals surface area (Å²) in [5, 5.41) is 24.6. The topological polar surface area (TPSA) is 56.2 Å². The van der Waals surface area contributed by atoms with E-state index < -0.39 is 5.60 Å². The summed E-state index contributed by atoms with van der Waals surface area (Å²) in [6.45, 7) is 9.74. The van der Waals surface area contributed by atoms with Crippen molar-refractivity contribution in [3.05, 3.63) is 11.6 Å². The minimum Gasteiger partial charge on any atom is -0.393 e. The summed E-state index contributed by atoms with van der Waals surface area (Å²) >= 11 is 0. The molecule has 0 aromatic carbocycles. The van der Waals surface area contributed by atoms with Gasteiger partial charge in [-0.1, -0.05) is 25.5 Å². The zero-order valence-corrected chi connectivity index (χ0v) is 22.9.